The average molecular weight is 462 g/mol. The van der Waals surface area contributed by atoms with Gasteiger partial charge in [-0.3, -0.25) is 9.59 Å². The largest absolute Gasteiger partial charge is 0.352 e. The lowest BCUT2D eigenvalue weighted by atomic mass is 10.1. The summed E-state index contributed by atoms with van der Waals surface area (Å²) in [6, 6.07) is 9.81. The number of likely N-dealkylation sites (tertiary alicyclic amines) is 1. The second-order valence-electron chi connectivity index (χ2n) is 7.81. The molecule has 2 aromatic rings. The smallest absolute Gasteiger partial charge is 0.251 e. The lowest BCUT2D eigenvalue weighted by molar-refractivity contribution is -0.116. The monoisotopic (exact) mass is 461 g/mol. The van der Waals surface area contributed by atoms with Crippen molar-refractivity contribution in [1.82, 2.24) is 10.2 Å². The van der Waals surface area contributed by atoms with Crippen molar-refractivity contribution in [2.45, 2.75) is 30.7 Å². The van der Waals surface area contributed by atoms with Crippen LogP contribution in [-0.2, 0) is 11.3 Å². The maximum atomic E-state index is 14.3. The van der Waals surface area contributed by atoms with E-state index in [0.717, 1.165) is 31.0 Å². The molecule has 0 atom stereocenters. The highest BCUT2D eigenvalue weighted by molar-refractivity contribution is 8.00. The van der Waals surface area contributed by atoms with Gasteiger partial charge in [-0.05, 0) is 69.2 Å². The van der Waals surface area contributed by atoms with Crippen LogP contribution < -0.4 is 10.2 Å². The minimum Gasteiger partial charge on any atom is -0.352 e. The van der Waals surface area contributed by atoms with Gasteiger partial charge in [0.1, 0.15) is 5.82 Å². The number of rotatable bonds is 7. The highest BCUT2D eigenvalue weighted by Crippen LogP contribution is 2.37. The van der Waals surface area contributed by atoms with Gasteiger partial charge < -0.3 is 15.1 Å². The number of thioether (sulfide) groups is 1. The van der Waals surface area contributed by atoms with Crippen molar-refractivity contribution in [2.24, 2.45) is 0 Å². The second kappa shape index (κ2) is 10.0. The number of hydrogen-bond acceptors (Lipinski definition) is 4. The summed E-state index contributed by atoms with van der Waals surface area (Å²) in [5.41, 5.74) is 1.37. The van der Waals surface area contributed by atoms with Crippen LogP contribution in [0.15, 0.2) is 41.3 Å². The number of amides is 2. The predicted molar refractivity (Wildman–Crippen MR) is 122 cm³/mol. The molecule has 0 unspecified atom stereocenters. The first kappa shape index (κ1) is 22.1. The summed E-state index contributed by atoms with van der Waals surface area (Å²) in [6.45, 7) is 3.92. The molecular formula is C23H25ClFN3O2S. The van der Waals surface area contributed by atoms with E-state index in [1.54, 1.807) is 18.2 Å². The molecule has 1 fully saturated rings. The Bertz CT molecular complexity index is 961. The first-order valence-corrected chi connectivity index (χ1v) is 11.9. The lowest BCUT2D eigenvalue weighted by Gasteiger charge is -2.30. The third-order valence-corrected chi connectivity index (χ3v) is 7.08. The summed E-state index contributed by atoms with van der Waals surface area (Å²) >= 11 is 7.59. The molecule has 2 aliphatic heterocycles. The topological polar surface area (TPSA) is 52.7 Å². The van der Waals surface area contributed by atoms with E-state index >= 15 is 0 Å². The molecular weight excluding hydrogens is 437 g/mol. The standard InChI is InChI=1S/C23H25ClFN3O2S/c24-18-5-3-6-19(25)17(18)14-28-20-13-16(7-8-21(20)31-15-22(28)29)23(30)26-9-4-12-27-10-1-2-11-27/h3,5-8,13H,1-2,4,9-12,14-15H2,(H,26,30). The number of hydrogen-bond donors (Lipinski definition) is 1. The number of halogens is 2. The Morgan fingerprint density at radius 1 is 1.19 bits per heavy atom. The molecule has 31 heavy (non-hydrogen) atoms. The average Bonchev–Trinajstić information content (AvgIpc) is 3.28. The van der Waals surface area contributed by atoms with Crippen molar-refractivity contribution in [2.75, 3.05) is 36.8 Å². The van der Waals surface area contributed by atoms with E-state index in [-0.39, 0.29) is 34.7 Å². The van der Waals surface area contributed by atoms with Crippen molar-refractivity contribution in [3.63, 3.8) is 0 Å². The molecule has 5 nitrogen and oxygen atoms in total. The van der Waals surface area contributed by atoms with Crippen LogP contribution in [0.3, 0.4) is 0 Å². The zero-order chi connectivity index (χ0) is 21.8. The van der Waals surface area contributed by atoms with Crippen LogP contribution in [0.4, 0.5) is 10.1 Å². The van der Waals surface area contributed by atoms with E-state index in [9.17, 15) is 14.0 Å². The van der Waals surface area contributed by atoms with Crippen LogP contribution in [0.5, 0.6) is 0 Å². The van der Waals surface area contributed by atoms with Gasteiger partial charge in [-0.25, -0.2) is 4.39 Å². The number of anilines is 1. The summed E-state index contributed by atoms with van der Waals surface area (Å²) in [7, 11) is 0. The van der Waals surface area contributed by atoms with Crippen molar-refractivity contribution < 1.29 is 14.0 Å². The third-order valence-electron chi connectivity index (χ3n) is 5.68. The molecule has 2 amide bonds. The van der Waals surface area contributed by atoms with Crippen molar-refractivity contribution in [3.05, 3.63) is 58.4 Å². The van der Waals surface area contributed by atoms with Crippen LogP contribution in [0.1, 0.15) is 35.2 Å². The molecule has 2 heterocycles. The van der Waals surface area contributed by atoms with Crippen molar-refractivity contribution in [1.29, 1.82) is 0 Å². The van der Waals surface area contributed by atoms with Crippen LogP contribution in [0.25, 0.3) is 0 Å². The number of benzene rings is 2. The summed E-state index contributed by atoms with van der Waals surface area (Å²) in [6.07, 6.45) is 3.42. The zero-order valence-electron chi connectivity index (χ0n) is 17.2. The molecule has 0 spiro atoms. The molecule has 164 valence electrons. The van der Waals surface area contributed by atoms with E-state index < -0.39 is 5.82 Å². The van der Waals surface area contributed by atoms with Crippen LogP contribution >= 0.6 is 23.4 Å². The van der Waals surface area contributed by atoms with Crippen molar-refractivity contribution >= 4 is 40.9 Å². The summed E-state index contributed by atoms with van der Waals surface area (Å²) in [5.74, 6) is -0.496. The van der Waals surface area contributed by atoms with Gasteiger partial charge >= 0.3 is 0 Å². The van der Waals surface area contributed by atoms with E-state index in [1.165, 1.54) is 41.6 Å². The van der Waals surface area contributed by atoms with E-state index in [0.29, 0.717) is 17.8 Å². The fourth-order valence-electron chi connectivity index (χ4n) is 3.97. The highest BCUT2D eigenvalue weighted by Gasteiger charge is 2.27. The number of nitrogens with one attached hydrogen (secondary N) is 1. The zero-order valence-corrected chi connectivity index (χ0v) is 18.8. The van der Waals surface area contributed by atoms with Gasteiger partial charge in [-0.1, -0.05) is 17.7 Å². The fraction of sp³-hybridized carbons (Fsp3) is 0.391. The summed E-state index contributed by atoms with van der Waals surface area (Å²) in [5, 5.41) is 3.24. The van der Waals surface area contributed by atoms with Gasteiger partial charge in [0.15, 0.2) is 0 Å². The maximum Gasteiger partial charge on any atom is 0.251 e. The first-order chi connectivity index (χ1) is 15.0. The Morgan fingerprint density at radius 2 is 2.00 bits per heavy atom. The van der Waals surface area contributed by atoms with Crippen LogP contribution in [-0.4, -0.2) is 48.6 Å². The Labute approximate surface area is 190 Å². The predicted octanol–water partition coefficient (Wildman–Crippen LogP) is 4.33. The first-order valence-electron chi connectivity index (χ1n) is 10.5. The number of carbonyl (C=O) groups is 2. The van der Waals surface area contributed by atoms with Gasteiger partial charge in [-0.2, -0.15) is 0 Å². The van der Waals surface area contributed by atoms with Gasteiger partial charge in [0.25, 0.3) is 5.91 Å². The molecule has 0 aliphatic carbocycles. The SMILES string of the molecule is O=C(NCCCN1CCCC1)c1ccc2c(c1)N(Cc1c(F)cccc1Cl)C(=O)CS2. The Hall–Kier alpha value is -2.09. The number of fused-ring (bicyclic) bond motifs is 1. The molecule has 1 N–H and O–H groups in total. The highest BCUT2D eigenvalue weighted by atomic mass is 35.5. The summed E-state index contributed by atoms with van der Waals surface area (Å²) < 4.78 is 14.3. The van der Waals surface area contributed by atoms with E-state index in [1.807, 2.05) is 6.07 Å². The third kappa shape index (κ3) is 5.22. The Morgan fingerprint density at radius 3 is 2.77 bits per heavy atom. The molecule has 0 aromatic heterocycles. The second-order valence-corrected chi connectivity index (χ2v) is 9.23. The van der Waals surface area contributed by atoms with Gasteiger partial charge in [0.05, 0.1) is 18.0 Å². The number of carbonyl (C=O) groups excluding carboxylic acids is 2. The van der Waals surface area contributed by atoms with Gasteiger partial charge in [0.2, 0.25) is 5.91 Å². The van der Waals surface area contributed by atoms with E-state index in [4.69, 9.17) is 11.6 Å². The molecule has 2 aromatic carbocycles. The van der Waals surface area contributed by atoms with Gasteiger partial charge in [-0.15, -0.1) is 11.8 Å². The minimum atomic E-state index is -0.452. The minimum absolute atomic E-state index is 0.0266. The summed E-state index contributed by atoms with van der Waals surface area (Å²) in [4.78, 5) is 30.1. The van der Waals surface area contributed by atoms with Crippen LogP contribution in [0.2, 0.25) is 5.02 Å². The molecule has 0 bridgehead atoms. The molecule has 0 radical (unpaired) electrons. The van der Waals surface area contributed by atoms with Gasteiger partial charge in [0, 0.05) is 27.6 Å². The maximum absolute atomic E-state index is 14.3. The number of nitrogens with zero attached hydrogens (tertiary/aromatic N) is 2. The normalized spacial score (nSPS) is 16.5. The molecule has 2 aliphatic rings. The van der Waals surface area contributed by atoms with E-state index in [2.05, 4.69) is 10.2 Å². The molecule has 8 heteroatoms. The fourth-order valence-corrected chi connectivity index (χ4v) is 5.11. The lowest BCUT2D eigenvalue weighted by Crippen LogP contribution is -2.35. The Kier molecular flexibility index (Phi) is 7.15. The molecule has 1 saturated heterocycles. The Balaban J connectivity index is 1.46. The molecule has 4 rings (SSSR count). The quantitative estimate of drug-likeness (QED) is 0.623. The molecule has 0 saturated carbocycles. The van der Waals surface area contributed by atoms with Crippen LogP contribution in [0, 0.1) is 5.82 Å². The van der Waals surface area contributed by atoms with Crippen molar-refractivity contribution in [3.8, 4) is 0 Å².